The molecule has 0 bridgehead atoms. The van der Waals surface area contributed by atoms with Crippen LogP contribution in [-0.2, 0) is 12.8 Å². The predicted molar refractivity (Wildman–Crippen MR) is 107 cm³/mol. The van der Waals surface area contributed by atoms with E-state index in [1.165, 1.54) is 30.3 Å². The fraction of sp³-hybridized carbons (Fsp3) is 0.0833. The lowest BCUT2D eigenvalue weighted by molar-refractivity contribution is 0.0698. The van der Waals surface area contributed by atoms with Gasteiger partial charge in [-0.25, -0.2) is 22.9 Å². The van der Waals surface area contributed by atoms with Gasteiger partial charge in [0.25, 0.3) is 0 Å². The molecule has 0 aliphatic heterocycles. The molecule has 30 heavy (non-hydrogen) atoms. The number of hydrogen-bond acceptors (Lipinski definition) is 2. The Morgan fingerprint density at radius 3 is 2.37 bits per heavy atom. The van der Waals surface area contributed by atoms with Gasteiger partial charge in [-0.05, 0) is 59.9 Å². The highest BCUT2D eigenvalue weighted by molar-refractivity contribution is 6.06. The SMILES string of the molecule is O=C(O)c1c2c(nc3ccc(F)cc13)-c1ccc(-c3ccc(F)cc3F)cc1CC2. The van der Waals surface area contributed by atoms with Crippen molar-refractivity contribution in [1.82, 2.24) is 4.98 Å². The van der Waals surface area contributed by atoms with Gasteiger partial charge in [-0.1, -0.05) is 18.2 Å². The molecule has 0 spiro atoms. The first-order chi connectivity index (χ1) is 14.4. The first-order valence-corrected chi connectivity index (χ1v) is 9.36. The number of carbonyl (C=O) groups is 1. The molecule has 1 aliphatic carbocycles. The molecule has 3 aromatic carbocycles. The standard InChI is InChI=1S/C24H14F3NO2/c25-14-4-8-21-19(10-14)22(24(29)30)18-6-2-13-9-12(1-5-17(13)23(18)28-21)16-7-3-15(26)11-20(16)27/h1,3-5,7-11H,2,6H2,(H,29,30). The van der Waals surface area contributed by atoms with Crippen LogP contribution in [0.1, 0.15) is 21.5 Å². The van der Waals surface area contributed by atoms with E-state index < -0.39 is 23.4 Å². The Labute approximate surface area is 169 Å². The molecule has 1 aromatic heterocycles. The van der Waals surface area contributed by atoms with Crippen molar-refractivity contribution < 1.29 is 23.1 Å². The summed E-state index contributed by atoms with van der Waals surface area (Å²) >= 11 is 0. The average molecular weight is 405 g/mol. The van der Waals surface area contributed by atoms with Crippen LogP contribution in [0.3, 0.4) is 0 Å². The number of aryl methyl sites for hydroxylation is 1. The fourth-order valence-corrected chi connectivity index (χ4v) is 4.17. The molecule has 0 saturated carbocycles. The summed E-state index contributed by atoms with van der Waals surface area (Å²) in [6.45, 7) is 0. The molecule has 1 heterocycles. The molecular weight excluding hydrogens is 391 g/mol. The van der Waals surface area contributed by atoms with Crippen LogP contribution in [0.2, 0.25) is 0 Å². The van der Waals surface area contributed by atoms with Gasteiger partial charge in [-0.3, -0.25) is 0 Å². The van der Waals surface area contributed by atoms with Crippen molar-refractivity contribution >= 4 is 16.9 Å². The van der Waals surface area contributed by atoms with Crippen LogP contribution in [0.4, 0.5) is 13.2 Å². The lowest BCUT2D eigenvalue weighted by Gasteiger charge is -2.22. The lowest BCUT2D eigenvalue weighted by Crippen LogP contribution is -2.13. The van der Waals surface area contributed by atoms with Crippen LogP contribution < -0.4 is 0 Å². The van der Waals surface area contributed by atoms with E-state index in [0.29, 0.717) is 35.2 Å². The molecule has 0 radical (unpaired) electrons. The minimum atomic E-state index is -1.13. The highest BCUT2D eigenvalue weighted by Gasteiger charge is 2.26. The van der Waals surface area contributed by atoms with Crippen LogP contribution >= 0.6 is 0 Å². The number of nitrogens with zero attached hydrogens (tertiary/aromatic N) is 1. The number of hydrogen-bond donors (Lipinski definition) is 1. The monoisotopic (exact) mass is 405 g/mol. The number of fused-ring (bicyclic) bond motifs is 4. The van der Waals surface area contributed by atoms with Crippen LogP contribution in [-0.4, -0.2) is 16.1 Å². The van der Waals surface area contributed by atoms with E-state index in [2.05, 4.69) is 4.98 Å². The fourth-order valence-electron chi connectivity index (χ4n) is 4.17. The first kappa shape index (κ1) is 18.4. The summed E-state index contributed by atoms with van der Waals surface area (Å²) in [7, 11) is 0. The molecular formula is C24H14F3NO2. The van der Waals surface area contributed by atoms with Gasteiger partial charge < -0.3 is 5.11 Å². The number of benzene rings is 3. The van der Waals surface area contributed by atoms with Crippen molar-refractivity contribution in [3.8, 4) is 22.4 Å². The predicted octanol–water partition coefficient (Wildman–Crippen LogP) is 5.78. The molecule has 1 N–H and O–H groups in total. The van der Waals surface area contributed by atoms with E-state index in [1.807, 2.05) is 6.07 Å². The highest BCUT2D eigenvalue weighted by atomic mass is 19.1. The van der Waals surface area contributed by atoms with Crippen LogP contribution in [0.25, 0.3) is 33.3 Å². The summed E-state index contributed by atoms with van der Waals surface area (Å²) in [4.78, 5) is 16.6. The Kier molecular flexibility index (Phi) is 4.10. The smallest absolute Gasteiger partial charge is 0.336 e. The number of carboxylic acids is 1. The van der Waals surface area contributed by atoms with Gasteiger partial charge in [-0.15, -0.1) is 0 Å². The van der Waals surface area contributed by atoms with E-state index in [4.69, 9.17) is 0 Å². The average Bonchev–Trinajstić information content (AvgIpc) is 2.71. The number of halogens is 3. The Hall–Kier alpha value is -3.67. The second-order valence-corrected chi connectivity index (χ2v) is 7.28. The largest absolute Gasteiger partial charge is 0.478 e. The maximum Gasteiger partial charge on any atom is 0.336 e. The number of pyridine rings is 1. The van der Waals surface area contributed by atoms with Gasteiger partial charge >= 0.3 is 5.97 Å². The summed E-state index contributed by atoms with van der Waals surface area (Å²) in [6.07, 6.45) is 0.945. The van der Waals surface area contributed by atoms with E-state index in [-0.39, 0.29) is 16.5 Å². The molecule has 0 amide bonds. The Bertz CT molecular complexity index is 1360. The number of aromatic carboxylic acids is 1. The second-order valence-electron chi connectivity index (χ2n) is 7.28. The second kappa shape index (κ2) is 6.69. The minimum absolute atomic E-state index is 0.0637. The van der Waals surface area contributed by atoms with Gasteiger partial charge in [0.2, 0.25) is 0 Å². The molecule has 1 aliphatic rings. The van der Waals surface area contributed by atoms with Crippen molar-refractivity contribution in [1.29, 1.82) is 0 Å². The van der Waals surface area contributed by atoms with Gasteiger partial charge in [0.15, 0.2) is 0 Å². The van der Waals surface area contributed by atoms with Gasteiger partial charge in [-0.2, -0.15) is 0 Å². The quantitative estimate of drug-likeness (QED) is 0.460. The maximum absolute atomic E-state index is 14.2. The first-order valence-electron chi connectivity index (χ1n) is 9.36. The van der Waals surface area contributed by atoms with Crippen molar-refractivity contribution in [3.63, 3.8) is 0 Å². The van der Waals surface area contributed by atoms with Gasteiger partial charge in [0.1, 0.15) is 17.5 Å². The number of carboxylic acid groups (broad SMARTS) is 1. The number of aromatic nitrogens is 1. The molecule has 0 saturated heterocycles. The summed E-state index contributed by atoms with van der Waals surface area (Å²) in [5, 5.41) is 10.1. The van der Waals surface area contributed by atoms with Gasteiger partial charge in [0, 0.05) is 22.6 Å². The Balaban J connectivity index is 1.72. The zero-order valence-electron chi connectivity index (χ0n) is 15.5. The van der Waals surface area contributed by atoms with Crippen molar-refractivity contribution in [3.05, 3.63) is 88.7 Å². The molecule has 4 aromatic rings. The van der Waals surface area contributed by atoms with Crippen LogP contribution in [0.5, 0.6) is 0 Å². The molecule has 148 valence electrons. The highest BCUT2D eigenvalue weighted by Crippen LogP contribution is 2.39. The van der Waals surface area contributed by atoms with Crippen molar-refractivity contribution in [2.45, 2.75) is 12.8 Å². The normalized spacial score (nSPS) is 12.5. The third kappa shape index (κ3) is 2.84. The summed E-state index contributed by atoms with van der Waals surface area (Å²) in [6, 6.07) is 12.7. The van der Waals surface area contributed by atoms with Crippen LogP contribution in [0.15, 0.2) is 54.6 Å². The van der Waals surface area contributed by atoms with E-state index in [0.717, 1.165) is 17.2 Å². The Morgan fingerprint density at radius 2 is 1.60 bits per heavy atom. The van der Waals surface area contributed by atoms with Crippen molar-refractivity contribution in [2.24, 2.45) is 0 Å². The van der Waals surface area contributed by atoms with Crippen molar-refractivity contribution in [2.75, 3.05) is 0 Å². The topological polar surface area (TPSA) is 50.2 Å². The lowest BCUT2D eigenvalue weighted by atomic mass is 9.84. The third-order valence-electron chi connectivity index (χ3n) is 5.51. The molecule has 6 heteroatoms. The Morgan fingerprint density at radius 1 is 0.867 bits per heavy atom. The zero-order valence-corrected chi connectivity index (χ0v) is 15.5. The third-order valence-corrected chi connectivity index (χ3v) is 5.51. The molecule has 0 unspecified atom stereocenters. The minimum Gasteiger partial charge on any atom is -0.478 e. The van der Waals surface area contributed by atoms with Gasteiger partial charge in [0.05, 0.1) is 16.8 Å². The summed E-state index contributed by atoms with van der Waals surface area (Å²) in [5.41, 5.74) is 4.12. The summed E-state index contributed by atoms with van der Waals surface area (Å²) in [5.74, 6) is -2.94. The summed E-state index contributed by atoms with van der Waals surface area (Å²) < 4.78 is 41.2. The molecule has 0 fully saturated rings. The zero-order chi connectivity index (χ0) is 21.0. The van der Waals surface area contributed by atoms with E-state index in [9.17, 15) is 23.1 Å². The molecule has 5 rings (SSSR count). The number of rotatable bonds is 2. The maximum atomic E-state index is 14.2. The molecule has 3 nitrogen and oxygen atoms in total. The van der Waals surface area contributed by atoms with Crippen LogP contribution in [0, 0.1) is 17.5 Å². The van der Waals surface area contributed by atoms with E-state index >= 15 is 0 Å². The van der Waals surface area contributed by atoms with E-state index in [1.54, 1.807) is 12.1 Å². The molecule has 0 atom stereocenters.